The van der Waals surface area contributed by atoms with Crippen LogP contribution in [0.25, 0.3) is 0 Å². The van der Waals surface area contributed by atoms with Crippen LogP contribution in [0, 0.1) is 0 Å². The molecule has 170 valence electrons. The van der Waals surface area contributed by atoms with Crippen LogP contribution in [-0.4, -0.2) is 29.9 Å². The first-order chi connectivity index (χ1) is 16.2. The van der Waals surface area contributed by atoms with Crippen LogP contribution in [0.15, 0.2) is 79.0 Å². The Hall–Kier alpha value is -3.67. The van der Waals surface area contributed by atoms with Crippen molar-refractivity contribution in [1.82, 2.24) is 10.3 Å². The molecule has 1 N–H and O–H groups in total. The Morgan fingerprint density at radius 1 is 0.970 bits per heavy atom. The molecule has 1 saturated carbocycles. The van der Waals surface area contributed by atoms with E-state index in [0.717, 1.165) is 25.7 Å². The number of ether oxygens (including phenoxy) is 1. The van der Waals surface area contributed by atoms with Gasteiger partial charge in [-0.05, 0) is 54.8 Å². The molecule has 3 aromatic rings. The van der Waals surface area contributed by atoms with Gasteiger partial charge in [0.15, 0.2) is 0 Å². The van der Waals surface area contributed by atoms with Gasteiger partial charge in [0, 0.05) is 17.9 Å². The van der Waals surface area contributed by atoms with Crippen LogP contribution in [-0.2, 0) is 4.79 Å². The highest BCUT2D eigenvalue weighted by atomic mass is 16.5. The molecular formula is C27H29N3O3. The molecule has 1 aliphatic carbocycles. The third-order valence-corrected chi connectivity index (χ3v) is 6.00. The maximum atomic E-state index is 13.8. The first-order valence-electron chi connectivity index (χ1n) is 11.4. The maximum absolute atomic E-state index is 13.8. The number of pyridine rings is 1. The van der Waals surface area contributed by atoms with Gasteiger partial charge in [-0.15, -0.1) is 0 Å². The van der Waals surface area contributed by atoms with Crippen molar-refractivity contribution in [2.24, 2.45) is 0 Å². The standard InChI is InChI=1S/C27H29N3O3/c1-33-23-16-10-11-20(19-23)25(26(31)29-21-12-4-2-5-13-21)30(22-14-6-3-7-15-22)27(32)24-17-8-9-18-28-24/h3,6-11,14-19,21,25H,2,4-5,12-13H2,1H3,(H,29,31)/t25-/m1/s1. The average molecular weight is 444 g/mol. The summed E-state index contributed by atoms with van der Waals surface area (Å²) in [6.45, 7) is 0. The smallest absolute Gasteiger partial charge is 0.277 e. The van der Waals surface area contributed by atoms with E-state index in [9.17, 15) is 9.59 Å². The Kier molecular flexibility index (Phi) is 7.35. The number of amides is 2. The minimum Gasteiger partial charge on any atom is -0.497 e. The summed E-state index contributed by atoms with van der Waals surface area (Å²) < 4.78 is 5.42. The summed E-state index contributed by atoms with van der Waals surface area (Å²) >= 11 is 0. The van der Waals surface area contributed by atoms with E-state index in [1.165, 1.54) is 11.3 Å². The molecule has 1 fully saturated rings. The van der Waals surface area contributed by atoms with Crippen LogP contribution in [0.3, 0.4) is 0 Å². The van der Waals surface area contributed by atoms with E-state index in [1.54, 1.807) is 31.5 Å². The SMILES string of the molecule is COc1cccc([C@H](C(=O)NC2CCCCC2)N(C(=O)c2ccccn2)c2ccccc2)c1. The Balaban J connectivity index is 1.79. The van der Waals surface area contributed by atoms with Gasteiger partial charge in [0.1, 0.15) is 17.5 Å². The van der Waals surface area contributed by atoms with Gasteiger partial charge in [0.2, 0.25) is 5.91 Å². The zero-order chi connectivity index (χ0) is 23.0. The highest BCUT2D eigenvalue weighted by Crippen LogP contribution is 2.31. The summed E-state index contributed by atoms with van der Waals surface area (Å²) in [5.41, 5.74) is 1.58. The van der Waals surface area contributed by atoms with Gasteiger partial charge in [-0.2, -0.15) is 0 Å². The summed E-state index contributed by atoms with van der Waals surface area (Å²) in [5, 5.41) is 3.22. The maximum Gasteiger partial charge on any atom is 0.277 e. The predicted molar refractivity (Wildman–Crippen MR) is 128 cm³/mol. The van der Waals surface area contributed by atoms with E-state index < -0.39 is 6.04 Å². The number of para-hydroxylation sites is 1. The fourth-order valence-corrected chi connectivity index (χ4v) is 4.34. The molecule has 0 aliphatic heterocycles. The minimum atomic E-state index is -0.876. The van der Waals surface area contributed by atoms with E-state index >= 15 is 0 Å². The molecule has 1 heterocycles. The molecule has 2 amide bonds. The number of hydrogen-bond acceptors (Lipinski definition) is 4. The first kappa shape index (κ1) is 22.5. The molecule has 0 unspecified atom stereocenters. The highest BCUT2D eigenvalue weighted by molar-refractivity contribution is 6.09. The molecule has 2 aromatic carbocycles. The number of methoxy groups -OCH3 is 1. The van der Waals surface area contributed by atoms with Gasteiger partial charge in [-0.3, -0.25) is 19.5 Å². The molecule has 0 spiro atoms. The second kappa shape index (κ2) is 10.8. The van der Waals surface area contributed by atoms with Gasteiger partial charge in [0.05, 0.1) is 7.11 Å². The van der Waals surface area contributed by atoms with Crippen molar-refractivity contribution in [3.63, 3.8) is 0 Å². The quantitative estimate of drug-likeness (QED) is 0.562. The lowest BCUT2D eigenvalue weighted by molar-refractivity contribution is -0.123. The minimum absolute atomic E-state index is 0.113. The summed E-state index contributed by atoms with van der Waals surface area (Å²) in [5.74, 6) is 0.0814. The van der Waals surface area contributed by atoms with Crippen LogP contribution >= 0.6 is 0 Å². The van der Waals surface area contributed by atoms with Crippen molar-refractivity contribution < 1.29 is 14.3 Å². The van der Waals surface area contributed by atoms with Crippen molar-refractivity contribution in [3.05, 3.63) is 90.3 Å². The number of aromatic nitrogens is 1. The molecule has 6 heteroatoms. The number of carbonyl (C=O) groups excluding carboxylic acids is 2. The van der Waals surface area contributed by atoms with Gasteiger partial charge >= 0.3 is 0 Å². The molecule has 1 aliphatic rings. The number of nitrogens with zero attached hydrogens (tertiary/aromatic N) is 2. The van der Waals surface area contributed by atoms with Gasteiger partial charge in [0.25, 0.3) is 5.91 Å². The molecule has 4 rings (SSSR count). The Bertz CT molecular complexity index is 1070. The molecule has 0 bridgehead atoms. The summed E-state index contributed by atoms with van der Waals surface area (Å²) in [4.78, 5) is 33.4. The molecule has 33 heavy (non-hydrogen) atoms. The monoisotopic (exact) mass is 443 g/mol. The largest absolute Gasteiger partial charge is 0.497 e. The van der Waals surface area contributed by atoms with Crippen LogP contribution in [0.1, 0.15) is 54.2 Å². The number of carbonyl (C=O) groups is 2. The zero-order valence-corrected chi connectivity index (χ0v) is 18.8. The molecular weight excluding hydrogens is 414 g/mol. The summed E-state index contributed by atoms with van der Waals surface area (Å²) in [7, 11) is 1.59. The van der Waals surface area contributed by atoms with Gasteiger partial charge < -0.3 is 10.1 Å². The Labute approximate surface area is 194 Å². The van der Waals surface area contributed by atoms with Crippen molar-refractivity contribution >= 4 is 17.5 Å². The summed E-state index contributed by atoms with van der Waals surface area (Å²) in [6, 6.07) is 21.0. The predicted octanol–water partition coefficient (Wildman–Crippen LogP) is 4.93. The Morgan fingerprint density at radius 3 is 2.42 bits per heavy atom. The summed E-state index contributed by atoms with van der Waals surface area (Å²) in [6.07, 6.45) is 6.89. The number of hydrogen-bond donors (Lipinski definition) is 1. The fourth-order valence-electron chi connectivity index (χ4n) is 4.34. The molecule has 0 saturated heterocycles. The number of benzene rings is 2. The van der Waals surface area contributed by atoms with Crippen molar-refractivity contribution in [2.45, 2.75) is 44.2 Å². The third kappa shape index (κ3) is 5.40. The van der Waals surface area contributed by atoms with E-state index in [4.69, 9.17) is 4.74 Å². The van der Waals surface area contributed by atoms with Gasteiger partial charge in [-0.1, -0.05) is 55.7 Å². The average Bonchev–Trinajstić information content (AvgIpc) is 2.88. The number of nitrogens with one attached hydrogen (secondary N) is 1. The lowest BCUT2D eigenvalue weighted by Crippen LogP contribution is -2.47. The zero-order valence-electron chi connectivity index (χ0n) is 18.8. The normalized spacial score (nSPS) is 14.8. The number of rotatable bonds is 7. The van der Waals surface area contributed by atoms with Crippen LogP contribution in [0.2, 0.25) is 0 Å². The van der Waals surface area contributed by atoms with Crippen LogP contribution in [0.4, 0.5) is 5.69 Å². The fraction of sp³-hybridized carbons (Fsp3) is 0.296. The van der Waals surface area contributed by atoms with Crippen molar-refractivity contribution in [1.29, 1.82) is 0 Å². The van der Waals surface area contributed by atoms with E-state index in [0.29, 0.717) is 17.0 Å². The highest BCUT2D eigenvalue weighted by Gasteiger charge is 2.35. The van der Waals surface area contributed by atoms with Crippen molar-refractivity contribution in [3.8, 4) is 5.75 Å². The molecule has 0 radical (unpaired) electrons. The van der Waals surface area contributed by atoms with Gasteiger partial charge in [-0.25, -0.2) is 0 Å². The second-order valence-electron chi connectivity index (χ2n) is 8.25. The van der Waals surface area contributed by atoms with Crippen molar-refractivity contribution in [2.75, 3.05) is 12.0 Å². The Morgan fingerprint density at radius 2 is 1.73 bits per heavy atom. The molecule has 1 aromatic heterocycles. The molecule has 6 nitrogen and oxygen atoms in total. The lowest BCUT2D eigenvalue weighted by atomic mass is 9.94. The van der Waals surface area contributed by atoms with E-state index in [2.05, 4.69) is 10.3 Å². The number of anilines is 1. The second-order valence-corrected chi connectivity index (χ2v) is 8.25. The van der Waals surface area contributed by atoms with E-state index in [1.807, 2.05) is 54.6 Å². The third-order valence-electron chi connectivity index (χ3n) is 6.00. The van der Waals surface area contributed by atoms with Crippen LogP contribution < -0.4 is 15.0 Å². The topological polar surface area (TPSA) is 71.5 Å². The van der Waals surface area contributed by atoms with Crippen LogP contribution in [0.5, 0.6) is 5.75 Å². The lowest BCUT2D eigenvalue weighted by Gasteiger charge is -2.33. The first-order valence-corrected chi connectivity index (χ1v) is 11.4. The van der Waals surface area contributed by atoms with E-state index in [-0.39, 0.29) is 23.6 Å². The molecule has 1 atom stereocenters.